The maximum atomic E-state index is 12.8. The van der Waals surface area contributed by atoms with Gasteiger partial charge in [0.25, 0.3) is 0 Å². The second-order valence-corrected chi connectivity index (χ2v) is 4.41. The van der Waals surface area contributed by atoms with E-state index in [0.717, 1.165) is 0 Å². The zero-order valence-electron chi connectivity index (χ0n) is 12.1. The predicted molar refractivity (Wildman–Crippen MR) is 76.6 cm³/mol. The number of ether oxygens (including phenoxy) is 1. The van der Waals surface area contributed by atoms with Gasteiger partial charge < -0.3 is 10.1 Å². The highest BCUT2D eigenvalue weighted by Crippen LogP contribution is 2.29. The second-order valence-electron chi connectivity index (χ2n) is 4.41. The average molecular weight is 329 g/mol. The fourth-order valence-corrected chi connectivity index (χ4v) is 1.73. The van der Waals surface area contributed by atoms with E-state index >= 15 is 0 Å². The van der Waals surface area contributed by atoms with Gasteiger partial charge in [-0.2, -0.15) is 13.2 Å². The number of urea groups is 1. The summed E-state index contributed by atoms with van der Waals surface area (Å²) >= 11 is 0. The summed E-state index contributed by atoms with van der Waals surface area (Å²) in [5, 5.41) is 2.79. The number of alkyl halides is 3. The van der Waals surface area contributed by atoms with E-state index in [0.29, 0.717) is 12.0 Å². The van der Waals surface area contributed by atoms with Gasteiger partial charge in [-0.05, 0) is 12.1 Å². The molecule has 1 aromatic carbocycles. The number of carbonyl (C=O) groups is 1. The van der Waals surface area contributed by atoms with Gasteiger partial charge in [-0.15, -0.1) is 0 Å². The lowest BCUT2D eigenvalue weighted by molar-refractivity contribution is -0.144. The van der Waals surface area contributed by atoms with Gasteiger partial charge in [0.05, 0.1) is 12.1 Å². The third-order valence-electron chi connectivity index (χ3n) is 2.74. The highest BCUT2D eigenvalue weighted by Gasteiger charge is 2.35. The fraction of sp³-hybridized carbons (Fsp3) is 0.308. The molecule has 0 aliphatic heterocycles. The molecule has 1 aromatic heterocycles. The Balaban J connectivity index is 2.20. The molecule has 0 aliphatic carbocycles. The lowest BCUT2D eigenvalue weighted by atomic mass is 10.2. The zero-order chi connectivity index (χ0) is 16.9. The van der Waals surface area contributed by atoms with E-state index < -0.39 is 18.0 Å². The van der Waals surface area contributed by atoms with Crippen LogP contribution in [0.2, 0.25) is 0 Å². The standard InChI is InChI=1S/C13H14F3N5O2/c1-23-7-6-17-12(22)21-20-10-8-4-2-3-5-9(8)18-11(19-10)13(14,15)16/h2-5H,6-7H2,1H3,(H2,17,21,22)(H,18,19,20). The van der Waals surface area contributed by atoms with Crippen LogP contribution in [-0.4, -0.2) is 36.3 Å². The lowest BCUT2D eigenvalue weighted by Crippen LogP contribution is -2.40. The predicted octanol–water partition coefficient (Wildman–Crippen LogP) is 1.92. The molecular formula is C13H14F3N5O2. The minimum atomic E-state index is -4.69. The van der Waals surface area contributed by atoms with Crippen molar-refractivity contribution in [3.63, 3.8) is 0 Å². The molecule has 0 spiro atoms. The van der Waals surface area contributed by atoms with Crippen molar-refractivity contribution in [2.75, 3.05) is 25.7 Å². The quantitative estimate of drug-likeness (QED) is 0.576. The molecule has 23 heavy (non-hydrogen) atoms. The normalized spacial score (nSPS) is 11.3. The summed E-state index contributed by atoms with van der Waals surface area (Å²) in [5.74, 6) is -1.44. The van der Waals surface area contributed by atoms with Crippen molar-refractivity contribution in [2.24, 2.45) is 0 Å². The summed E-state index contributed by atoms with van der Waals surface area (Å²) in [6.45, 7) is 0.560. The molecule has 0 unspecified atom stereocenters. The van der Waals surface area contributed by atoms with Crippen molar-refractivity contribution in [1.82, 2.24) is 20.7 Å². The summed E-state index contributed by atoms with van der Waals surface area (Å²) in [6, 6.07) is 5.53. The van der Waals surface area contributed by atoms with E-state index in [1.807, 2.05) is 0 Å². The number of methoxy groups -OCH3 is 1. The number of fused-ring (bicyclic) bond motifs is 1. The van der Waals surface area contributed by atoms with E-state index in [9.17, 15) is 18.0 Å². The van der Waals surface area contributed by atoms with Gasteiger partial charge in [0.15, 0.2) is 5.82 Å². The van der Waals surface area contributed by atoms with Gasteiger partial charge in [-0.3, -0.25) is 10.9 Å². The number of nitrogens with zero attached hydrogens (tertiary/aromatic N) is 2. The number of carbonyl (C=O) groups excluding carboxylic acids is 1. The minimum Gasteiger partial charge on any atom is -0.383 e. The molecule has 1 heterocycles. The van der Waals surface area contributed by atoms with Crippen molar-refractivity contribution in [2.45, 2.75) is 6.18 Å². The Morgan fingerprint density at radius 1 is 1.26 bits per heavy atom. The SMILES string of the molecule is COCCNC(=O)NNc1nc(C(F)(F)F)nc2ccccc12. The highest BCUT2D eigenvalue weighted by atomic mass is 19.4. The lowest BCUT2D eigenvalue weighted by Gasteiger charge is -2.13. The van der Waals surface area contributed by atoms with Crippen molar-refractivity contribution in [3.05, 3.63) is 30.1 Å². The largest absolute Gasteiger partial charge is 0.451 e. The Bertz CT molecular complexity index is 693. The van der Waals surface area contributed by atoms with E-state index in [1.54, 1.807) is 18.2 Å². The smallest absolute Gasteiger partial charge is 0.383 e. The van der Waals surface area contributed by atoms with Crippen LogP contribution in [0.4, 0.5) is 23.8 Å². The van der Waals surface area contributed by atoms with Crippen molar-refractivity contribution < 1.29 is 22.7 Å². The molecule has 0 bridgehead atoms. The molecule has 0 saturated carbocycles. The van der Waals surface area contributed by atoms with Gasteiger partial charge in [0.1, 0.15) is 0 Å². The Kier molecular flexibility index (Phi) is 5.16. The molecule has 0 fully saturated rings. The number of nitrogens with one attached hydrogen (secondary N) is 3. The van der Waals surface area contributed by atoms with E-state index in [2.05, 4.69) is 26.1 Å². The molecule has 124 valence electrons. The van der Waals surface area contributed by atoms with Gasteiger partial charge in [-0.1, -0.05) is 12.1 Å². The molecule has 2 amide bonds. The average Bonchev–Trinajstić information content (AvgIpc) is 2.51. The number of rotatable bonds is 5. The third kappa shape index (κ3) is 4.42. The van der Waals surface area contributed by atoms with Crippen LogP contribution < -0.4 is 16.2 Å². The van der Waals surface area contributed by atoms with E-state index in [1.165, 1.54) is 13.2 Å². The summed E-state index contributed by atoms with van der Waals surface area (Å²) in [4.78, 5) is 18.4. The van der Waals surface area contributed by atoms with Gasteiger partial charge in [0, 0.05) is 19.0 Å². The number of hydrazine groups is 1. The number of para-hydroxylation sites is 1. The molecule has 0 radical (unpaired) electrons. The number of anilines is 1. The van der Waals surface area contributed by atoms with Crippen LogP contribution in [0.1, 0.15) is 5.82 Å². The molecular weight excluding hydrogens is 315 g/mol. The molecule has 2 aromatic rings. The van der Waals surface area contributed by atoms with Crippen LogP contribution in [0.5, 0.6) is 0 Å². The van der Waals surface area contributed by atoms with Crippen molar-refractivity contribution in [3.8, 4) is 0 Å². The molecule has 0 saturated heterocycles. The third-order valence-corrected chi connectivity index (χ3v) is 2.74. The van der Waals surface area contributed by atoms with Crippen LogP contribution in [0, 0.1) is 0 Å². The minimum absolute atomic E-state index is 0.110. The monoisotopic (exact) mass is 329 g/mol. The number of aromatic nitrogens is 2. The van der Waals surface area contributed by atoms with Crippen LogP contribution in [0.15, 0.2) is 24.3 Å². The first-order chi connectivity index (χ1) is 10.9. The Labute approximate surface area is 129 Å². The molecule has 10 heteroatoms. The van der Waals surface area contributed by atoms with Crippen LogP contribution in [-0.2, 0) is 10.9 Å². The van der Waals surface area contributed by atoms with Crippen LogP contribution in [0.25, 0.3) is 10.9 Å². The van der Waals surface area contributed by atoms with E-state index in [-0.39, 0.29) is 17.9 Å². The molecule has 0 aliphatic rings. The first-order valence-electron chi connectivity index (χ1n) is 6.54. The van der Waals surface area contributed by atoms with Crippen LogP contribution >= 0.6 is 0 Å². The summed E-state index contributed by atoms with van der Waals surface area (Å²) in [5.41, 5.74) is 4.70. The molecule has 7 nitrogen and oxygen atoms in total. The van der Waals surface area contributed by atoms with Gasteiger partial charge >= 0.3 is 12.2 Å². The van der Waals surface area contributed by atoms with Gasteiger partial charge in [-0.25, -0.2) is 14.8 Å². The second kappa shape index (κ2) is 7.09. The molecule has 0 atom stereocenters. The molecule has 2 rings (SSSR count). The first-order valence-corrected chi connectivity index (χ1v) is 6.54. The maximum Gasteiger partial charge on any atom is 0.451 e. The number of amides is 2. The van der Waals surface area contributed by atoms with Crippen LogP contribution in [0.3, 0.4) is 0 Å². The van der Waals surface area contributed by atoms with E-state index in [4.69, 9.17) is 4.74 Å². The number of benzene rings is 1. The fourth-order valence-electron chi connectivity index (χ4n) is 1.73. The number of hydrogen-bond acceptors (Lipinski definition) is 5. The summed E-state index contributed by atoms with van der Waals surface area (Å²) in [6.07, 6.45) is -4.69. The topological polar surface area (TPSA) is 88.2 Å². The Hall–Kier alpha value is -2.62. The highest BCUT2D eigenvalue weighted by molar-refractivity contribution is 5.89. The number of hydrogen-bond donors (Lipinski definition) is 3. The van der Waals surface area contributed by atoms with Gasteiger partial charge in [0.2, 0.25) is 5.82 Å². The Morgan fingerprint density at radius 3 is 2.70 bits per heavy atom. The molecule has 3 N–H and O–H groups in total. The summed E-state index contributed by atoms with van der Waals surface area (Å²) in [7, 11) is 1.48. The van der Waals surface area contributed by atoms with Crippen molar-refractivity contribution >= 4 is 22.8 Å². The van der Waals surface area contributed by atoms with Crippen molar-refractivity contribution in [1.29, 1.82) is 0 Å². The number of halogens is 3. The maximum absolute atomic E-state index is 12.8. The zero-order valence-corrected chi connectivity index (χ0v) is 12.1. The summed E-state index contributed by atoms with van der Waals surface area (Å²) < 4.78 is 43.3. The Morgan fingerprint density at radius 2 is 2.00 bits per heavy atom. The first kappa shape index (κ1) is 16.7.